The van der Waals surface area contributed by atoms with Gasteiger partial charge in [-0.25, -0.2) is 0 Å². The van der Waals surface area contributed by atoms with Crippen LogP contribution in [0.3, 0.4) is 0 Å². The molecule has 15 heavy (non-hydrogen) atoms. The molecule has 2 N–H and O–H groups in total. The van der Waals surface area contributed by atoms with Crippen molar-refractivity contribution in [2.45, 2.75) is 65.1 Å². The van der Waals surface area contributed by atoms with Crippen LogP contribution in [-0.2, 0) is 4.79 Å². The number of amides is 1. The van der Waals surface area contributed by atoms with Crippen molar-refractivity contribution >= 4 is 5.91 Å². The van der Waals surface area contributed by atoms with Crippen LogP contribution in [0, 0.1) is 5.92 Å². The minimum Gasteiger partial charge on any atom is -0.336 e. The molecular weight excluding hydrogens is 188 g/mol. The average molecular weight is 212 g/mol. The standard InChI is InChI=1S/C12H24N2O/c1-8(2)11(13)12(15)14-9(3)6-5-7-10(14)4/h8-11H,5-7,13H2,1-4H3/t9-,10+,11-/m0/s1. The zero-order chi connectivity index (χ0) is 11.6. The third kappa shape index (κ3) is 2.71. The van der Waals surface area contributed by atoms with Gasteiger partial charge in [-0.15, -0.1) is 0 Å². The monoisotopic (exact) mass is 212 g/mol. The summed E-state index contributed by atoms with van der Waals surface area (Å²) in [5.41, 5.74) is 5.92. The molecule has 1 saturated heterocycles. The Hall–Kier alpha value is -0.570. The van der Waals surface area contributed by atoms with E-state index in [2.05, 4.69) is 13.8 Å². The zero-order valence-electron chi connectivity index (χ0n) is 10.4. The number of piperidine rings is 1. The Labute approximate surface area is 93.0 Å². The molecule has 1 aliphatic heterocycles. The van der Waals surface area contributed by atoms with Crippen LogP contribution in [0.1, 0.15) is 47.0 Å². The summed E-state index contributed by atoms with van der Waals surface area (Å²) in [6.07, 6.45) is 3.45. The maximum Gasteiger partial charge on any atom is 0.240 e. The van der Waals surface area contributed by atoms with Crippen LogP contribution in [0.5, 0.6) is 0 Å². The van der Waals surface area contributed by atoms with E-state index in [1.807, 2.05) is 18.7 Å². The second-order valence-electron chi connectivity index (χ2n) is 5.14. The number of rotatable bonds is 2. The largest absolute Gasteiger partial charge is 0.336 e. The van der Waals surface area contributed by atoms with Crippen molar-refractivity contribution in [2.24, 2.45) is 11.7 Å². The molecular formula is C12H24N2O. The summed E-state index contributed by atoms with van der Waals surface area (Å²) in [4.78, 5) is 14.2. The van der Waals surface area contributed by atoms with Gasteiger partial charge >= 0.3 is 0 Å². The van der Waals surface area contributed by atoms with Crippen molar-refractivity contribution in [1.29, 1.82) is 0 Å². The Bertz CT molecular complexity index is 218. The molecule has 1 fully saturated rings. The van der Waals surface area contributed by atoms with E-state index in [4.69, 9.17) is 5.73 Å². The lowest BCUT2D eigenvalue weighted by Crippen LogP contribution is -2.54. The highest BCUT2D eigenvalue weighted by Gasteiger charge is 2.32. The van der Waals surface area contributed by atoms with E-state index >= 15 is 0 Å². The summed E-state index contributed by atoms with van der Waals surface area (Å²) in [7, 11) is 0. The number of hydrogen-bond acceptors (Lipinski definition) is 2. The smallest absolute Gasteiger partial charge is 0.240 e. The molecule has 0 bridgehead atoms. The molecule has 1 amide bonds. The Morgan fingerprint density at radius 2 is 1.73 bits per heavy atom. The second-order valence-corrected chi connectivity index (χ2v) is 5.14. The van der Waals surface area contributed by atoms with Crippen molar-refractivity contribution in [3.05, 3.63) is 0 Å². The molecule has 0 radical (unpaired) electrons. The number of carbonyl (C=O) groups is 1. The van der Waals surface area contributed by atoms with Gasteiger partial charge in [-0.05, 0) is 39.0 Å². The van der Waals surface area contributed by atoms with Crippen LogP contribution in [0.25, 0.3) is 0 Å². The van der Waals surface area contributed by atoms with E-state index in [0.29, 0.717) is 12.1 Å². The van der Waals surface area contributed by atoms with Crippen molar-refractivity contribution < 1.29 is 4.79 Å². The van der Waals surface area contributed by atoms with Crippen LogP contribution in [0.2, 0.25) is 0 Å². The molecule has 0 aromatic rings. The maximum absolute atomic E-state index is 12.2. The molecule has 3 heteroatoms. The van der Waals surface area contributed by atoms with Crippen LogP contribution < -0.4 is 5.73 Å². The molecule has 1 rings (SSSR count). The highest BCUT2D eigenvalue weighted by Crippen LogP contribution is 2.23. The minimum absolute atomic E-state index is 0.129. The van der Waals surface area contributed by atoms with Gasteiger partial charge in [-0.3, -0.25) is 4.79 Å². The van der Waals surface area contributed by atoms with Gasteiger partial charge in [-0.2, -0.15) is 0 Å². The minimum atomic E-state index is -0.340. The Balaban J connectivity index is 2.71. The summed E-state index contributed by atoms with van der Waals surface area (Å²) in [6.45, 7) is 8.25. The van der Waals surface area contributed by atoms with Gasteiger partial charge in [0.1, 0.15) is 0 Å². The van der Waals surface area contributed by atoms with Gasteiger partial charge in [-0.1, -0.05) is 13.8 Å². The van der Waals surface area contributed by atoms with Gasteiger partial charge in [0, 0.05) is 12.1 Å². The lowest BCUT2D eigenvalue weighted by molar-refractivity contribution is -0.139. The topological polar surface area (TPSA) is 46.3 Å². The van der Waals surface area contributed by atoms with Gasteiger partial charge < -0.3 is 10.6 Å². The summed E-state index contributed by atoms with van der Waals surface area (Å²) in [5, 5.41) is 0. The Morgan fingerprint density at radius 1 is 1.27 bits per heavy atom. The second kappa shape index (κ2) is 4.97. The third-order valence-corrected chi connectivity index (χ3v) is 3.45. The van der Waals surface area contributed by atoms with E-state index in [1.54, 1.807) is 0 Å². The summed E-state index contributed by atoms with van der Waals surface area (Å²) in [5.74, 6) is 0.350. The van der Waals surface area contributed by atoms with Crippen LogP contribution in [0.4, 0.5) is 0 Å². The van der Waals surface area contributed by atoms with Gasteiger partial charge in [0.15, 0.2) is 0 Å². The van der Waals surface area contributed by atoms with Crippen LogP contribution in [0.15, 0.2) is 0 Å². The molecule has 88 valence electrons. The van der Waals surface area contributed by atoms with E-state index in [9.17, 15) is 4.79 Å². The lowest BCUT2D eigenvalue weighted by Gasteiger charge is -2.41. The SMILES string of the molecule is CC(C)[C@H](N)C(=O)N1[C@H](C)CCC[C@@H]1C. The fraction of sp³-hybridized carbons (Fsp3) is 0.917. The first-order valence-electron chi connectivity index (χ1n) is 6.03. The zero-order valence-corrected chi connectivity index (χ0v) is 10.4. The fourth-order valence-corrected chi connectivity index (χ4v) is 2.31. The highest BCUT2D eigenvalue weighted by molar-refractivity contribution is 5.82. The highest BCUT2D eigenvalue weighted by atomic mass is 16.2. The molecule has 0 aliphatic carbocycles. The average Bonchev–Trinajstić information content (AvgIpc) is 2.15. The first kappa shape index (κ1) is 12.5. The molecule has 3 atom stereocenters. The van der Waals surface area contributed by atoms with Crippen LogP contribution in [-0.4, -0.2) is 28.9 Å². The molecule has 1 aliphatic rings. The van der Waals surface area contributed by atoms with E-state index in [1.165, 1.54) is 6.42 Å². The Morgan fingerprint density at radius 3 is 2.13 bits per heavy atom. The molecule has 0 unspecified atom stereocenters. The fourth-order valence-electron chi connectivity index (χ4n) is 2.31. The molecule has 0 saturated carbocycles. The number of carbonyl (C=O) groups excluding carboxylic acids is 1. The quantitative estimate of drug-likeness (QED) is 0.758. The molecule has 0 aromatic heterocycles. The molecule has 3 nitrogen and oxygen atoms in total. The predicted molar refractivity (Wildman–Crippen MR) is 62.4 cm³/mol. The van der Waals surface area contributed by atoms with Gasteiger partial charge in [0.25, 0.3) is 0 Å². The molecule has 1 heterocycles. The number of nitrogens with zero attached hydrogens (tertiary/aromatic N) is 1. The van der Waals surface area contributed by atoms with Crippen molar-refractivity contribution in [3.63, 3.8) is 0 Å². The molecule has 0 aromatic carbocycles. The van der Waals surface area contributed by atoms with Gasteiger partial charge in [0.05, 0.1) is 6.04 Å². The van der Waals surface area contributed by atoms with Crippen molar-refractivity contribution in [2.75, 3.05) is 0 Å². The summed E-state index contributed by atoms with van der Waals surface area (Å²) >= 11 is 0. The normalized spacial score (nSPS) is 29.3. The molecule has 0 spiro atoms. The van der Waals surface area contributed by atoms with Crippen molar-refractivity contribution in [1.82, 2.24) is 4.90 Å². The van der Waals surface area contributed by atoms with Crippen molar-refractivity contribution in [3.8, 4) is 0 Å². The van der Waals surface area contributed by atoms with E-state index in [0.717, 1.165) is 12.8 Å². The van der Waals surface area contributed by atoms with E-state index < -0.39 is 0 Å². The first-order valence-corrected chi connectivity index (χ1v) is 6.03. The van der Waals surface area contributed by atoms with Gasteiger partial charge in [0.2, 0.25) is 5.91 Å². The predicted octanol–water partition coefficient (Wildman–Crippen LogP) is 1.76. The first-order chi connectivity index (χ1) is 6.95. The number of hydrogen-bond donors (Lipinski definition) is 1. The lowest BCUT2D eigenvalue weighted by atomic mass is 9.94. The maximum atomic E-state index is 12.2. The summed E-state index contributed by atoms with van der Waals surface area (Å²) < 4.78 is 0. The number of nitrogens with two attached hydrogens (primary N) is 1. The van der Waals surface area contributed by atoms with Crippen LogP contribution >= 0.6 is 0 Å². The third-order valence-electron chi connectivity index (χ3n) is 3.45. The number of likely N-dealkylation sites (tertiary alicyclic amines) is 1. The summed E-state index contributed by atoms with van der Waals surface area (Å²) in [6, 6.07) is 0.366. The van der Waals surface area contributed by atoms with E-state index in [-0.39, 0.29) is 17.9 Å². The Kier molecular flexibility index (Phi) is 4.14.